The molecule has 0 spiro atoms. The molecule has 1 heterocycles. The van der Waals surface area contributed by atoms with Gasteiger partial charge in [0.15, 0.2) is 11.9 Å². The summed E-state index contributed by atoms with van der Waals surface area (Å²) >= 11 is 0. The molecule has 0 aliphatic carbocycles. The number of nitrogens with zero attached hydrogens (tertiary/aromatic N) is 1. The number of amidine groups is 2. The molecule has 2 atom stereocenters. The molecule has 2 unspecified atom stereocenters. The third-order valence-electron chi connectivity index (χ3n) is 4.73. The summed E-state index contributed by atoms with van der Waals surface area (Å²) < 4.78 is 6.52. The number of nitrogens with two attached hydrogens (primary N) is 2. The lowest BCUT2D eigenvalue weighted by molar-refractivity contribution is -0.152. The summed E-state index contributed by atoms with van der Waals surface area (Å²) in [7, 11) is 0. The number of aromatic nitrogens is 1. The maximum atomic E-state index is 12.3. The Kier molecular flexibility index (Phi) is 6.47. The molecule has 0 bridgehead atoms. The van der Waals surface area contributed by atoms with Crippen molar-refractivity contribution in [2.75, 3.05) is 0 Å². The van der Waals surface area contributed by atoms with E-state index in [-0.39, 0.29) is 28.6 Å². The maximum absolute atomic E-state index is 12.3. The topological polar surface area (TPSA) is 198 Å². The Hall–Kier alpha value is -4.22. The normalized spacial score (nSPS) is 12.7. The lowest BCUT2D eigenvalue weighted by atomic mass is 10.1. The average molecular weight is 453 g/mol. The van der Waals surface area contributed by atoms with Crippen molar-refractivity contribution in [3.05, 3.63) is 53.6 Å². The summed E-state index contributed by atoms with van der Waals surface area (Å²) in [6.07, 6.45) is -2.90. The Morgan fingerprint density at radius 1 is 0.909 bits per heavy atom. The van der Waals surface area contributed by atoms with E-state index in [1.807, 2.05) is 0 Å². The average Bonchev–Trinajstić information content (AvgIpc) is 3.05. The molecule has 2 aromatic carbocycles. The van der Waals surface area contributed by atoms with E-state index < -0.39 is 24.1 Å². The summed E-state index contributed by atoms with van der Waals surface area (Å²) in [5.74, 6) is -2.38. The van der Waals surface area contributed by atoms with Gasteiger partial charge in [-0.3, -0.25) is 10.8 Å². The molecule has 11 nitrogen and oxygen atoms in total. The van der Waals surface area contributed by atoms with Crippen LogP contribution < -0.4 is 21.0 Å². The van der Waals surface area contributed by atoms with Crippen LogP contribution in [0.2, 0.25) is 0 Å². The molecule has 0 fully saturated rings. The SMILES string of the molecule is CC(O)C(=O)Oc1c(-c2ccc(C(=N)N)cc2)n(OC(=O)C(C)O)c2cc(C(=N)N)ccc12. The molecule has 0 amide bonds. The molecule has 0 aliphatic rings. The van der Waals surface area contributed by atoms with Crippen molar-refractivity contribution in [2.24, 2.45) is 11.5 Å². The minimum absolute atomic E-state index is 0.0278. The summed E-state index contributed by atoms with van der Waals surface area (Å²) in [5, 5.41) is 35.0. The highest BCUT2D eigenvalue weighted by atomic mass is 16.7. The van der Waals surface area contributed by atoms with Gasteiger partial charge >= 0.3 is 11.9 Å². The molecule has 11 heteroatoms. The van der Waals surface area contributed by atoms with Crippen LogP contribution in [-0.2, 0) is 9.59 Å². The van der Waals surface area contributed by atoms with Gasteiger partial charge in [-0.25, -0.2) is 9.59 Å². The second-order valence-corrected chi connectivity index (χ2v) is 7.29. The van der Waals surface area contributed by atoms with Crippen molar-refractivity contribution < 1.29 is 29.4 Å². The smallest absolute Gasteiger partial charge is 0.360 e. The fourth-order valence-corrected chi connectivity index (χ4v) is 3.01. The summed E-state index contributed by atoms with van der Waals surface area (Å²) in [5.41, 5.74) is 12.6. The fraction of sp³-hybridized carbons (Fsp3) is 0.182. The number of nitrogen functional groups attached to an aromatic ring is 2. The van der Waals surface area contributed by atoms with Crippen LogP contribution in [0.3, 0.4) is 0 Å². The number of hydrogen-bond donors (Lipinski definition) is 6. The highest BCUT2D eigenvalue weighted by Gasteiger charge is 2.27. The van der Waals surface area contributed by atoms with Crippen LogP contribution >= 0.6 is 0 Å². The van der Waals surface area contributed by atoms with Crippen LogP contribution in [0.15, 0.2) is 42.5 Å². The Morgan fingerprint density at radius 3 is 1.97 bits per heavy atom. The van der Waals surface area contributed by atoms with E-state index in [4.69, 9.17) is 31.9 Å². The van der Waals surface area contributed by atoms with E-state index in [0.717, 1.165) is 4.73 Å². The highest BCUT2D eigenvalue weighted by molar-refractivity contribution is 6.03. The minimum atomic E-state index is -1.46. The second kappa shape index (κ2) is 9.10. The molecule has 8 N–H and O–H groups in total. The largest absolute Gasteiger partial charge is 0.421 e. The zero-order valence-corrected chi connectivity index (χ0v) is 17.8. The van der Waals surface area contributed by atoms with E-state index in [2.05, 4.69) is 0 Å². The van der Waals surface area contributed by atoms with Gasteiger partial charge in [0.1, 0.15) is 23.5 Å². The van der Waals surface area contributed by atoms with Crippen molar-refractivity contribution >= 4 is 34.5 Å². The number of esters is 1. The highest BCUT2D eigenvalue weighted by Crippen LogP contribution is 2.40. The molecular formula is C22H23N5O6. The van der Waals surface area contributed by atoms with E-state index in [1.54, 1.807) is 24.3 Å². The van der Waals surface area contributed by atoms with Gasteiger partial charge in [0.25, 0.3) is 0 Å². The first-order valence-electron chi connectivity index (χ1n) is 9.79. The molecule has 3 aromatic rings. The molecule has 172 valence electrons. The van der Waals surface area contributed by atoms with Crippen molar-refractivity contribution in [1.29, 1.82) is 10.8 Å². The van der Waals surface area contributed by atoms with E-state index in [0.29, 0.717) is 22.1 Å². The monoisotopic (exact) mass is 453 g/mol. The molecule has 1 aromatic heterocycles. The first kappa shape index (κ1) is 23.4. The number of rotatable bonds is 7. The van der Waals surface area contributed by atoms with Gasteiger partial charge < -0.3 is 31.3 Å². The molecule has 0 aliphatic heterocycles. The third-order valence-corrected chi connectivity index (χ3v) is 4.73. The zero-order valence-electron chi connectivity index (χ0n) is 17.8. The maximum Gasteiger partial charge on any atom is 0.360 e. The number of benzene rings is 2. The van der Waals surface area contributed by atoms with E-state index >= 15 is 0 Å². The molecule has 0 saturated heterocycles. The number of hydrogen-bond acceptors (Lipinski definition) is 8. The van der Waals surface area contributed by atoms with Crippen molar-refractivity contribution in [3.8, 4) is 17.0 Å². The van der Waals surface area contributed by atoms with Crippen molar-refractivity contribution in [3.63, 3.8) is 0 Å². The van der Waals surface area contributed by atoms with Crippen LogP contribution in [-0.4, -0.2) is 50.8 Å². The minimum Gasteiger partial charge on any atom is -0.421 e. The number of aliphatic hydroxyl groups is 2. The Balaban J connectivity index is 2.37. The van der Waals surface area contributed by atoms with Crippen LogP contribution in [0.25, 0.3) is 22.2 Å². The molecular weight excluding hydrogens is 430 g/mol. The number of fused-ring (bicyclic) bond motifs is 1. The molecule has 33 heavy (non-hydrogen) atoms. The second-order valence-electron chi connectivity index (χ2n) is 7.29. The van der Waals surface area contributed by atoms with E-state index in [1.165, 1.54) is 32.0 Å². The lowest BCUT2D eigenvalue weighted by Crippen LogP contribution is -2.29. The number of ether oxygens (including phenoxy) is 1. The number of aliphatic hydroxyl groups excluding tert-OH is 2. The van der Waals surface area contributed by atoms with Crippen LogP contribution in [0.4, 0.5) is 0 Å². The summed E-state index contributed by atoms with van der Waals surface area (Å²) in [4.78, 5) is 30.0. The first-order chi connectivity index (χ1) is 15.5. The van der Waals surface area contributed by atoms with Crippen LogP contribution in [0.1, 0.15) is 25.0 Å². The Labute approximate surface area is 188 Å². The van der Waals surface area contributed by atoms with E-state index in [9.17, 15) is 19.8 Å². The molecule has 0 radical (unpaired) electrons. The van der Waals surface area contributed by atoms with Crippen molar-refractivity contribution in [2.45, 2.75) is 26.1 Å². The number of nitrogens with one attached hydrogen (secondary N) is 2. The van der Waals surface area contributed by atoms with Crippen LogP contribution in [0, 0.1) is 10.8 Å². The zero-order chi connectivity index (χ0) is 24.4. The summed E-state index contributed by atoms with van der Waals surface area (Å²) in [6, 6.07) is 10.8. The third kappa shape index (κ3) is 4.68. The quantitative estimate of drug-likeness (QED) is 0.169. The number of carbonyl (C=O) groups is 2. The standard InChI is InChI=1S/C22H23N5O6/c1-10(28)21(30)32-18-15-8-7-14(20(25)26)9-16(15)27(33-22(31)11(2)29)17(18)12-3-5-13(6-4-12)19(23)24/h3-11,28-29H,1-2H3,(H3,23,24)(H3,25,26). The fourth-order valence-electron chi connectivity index (χ4n) is 3.01. The Bertz CT molecular complexity index is 1260. The van der Waals surface area contributed by atoms with Crippen LogP contribution in [0.5, 0.6) is 5.75 Å². The lowest BCUT2D eigenvalue weighted by Gasteiger charge is -2.14. The van der Waals surface area contributed by atoms with Gasteiger partial charge in [-0.2, -0.15) is 4.73 Å². The van der Waals surface area contributed by atoms with Gasteiger partial charge in [-0.1, -0.05) is 30.3 Å². The Morgan fingerprint density at radius 2 is 1.45 bits per heavy atom. The van der Waals surface area contributed by atoms with Gasteiger partial charge in [0.2, 0.25) is 0 Å². The van der Waals surface area contributed by atoms with Crippen molar-refractivity contribution in [1.82, 2.24) is 4.73 Å². The molecule has 0 saturated carbocycles. The predicted octanol–water partition coefficient (Wildman–Crippen LogP) is 0.499. The predicted molar refractivity (Wildman–Crippen MR) is 120 cm³/mol. The van der Waals surface area contributed by atoms with Gasteiger partial charge in [-0.15, -0.1) is 0 Å². The van der Waals surface area contributed by atoms with Gasteiger partial charge in [0, 0.05) is 22.1 Å². The molecule has 3 rings (SSSR count). The first-order valence-corrected chi connectivity index (χ1v) is 9.79. The van der Waals surface area contributed by atoms with Gasteiger partial charge in [0.05, 0.1) is 5.52 Å². The summed E-state index contributed by atoms with van der Waals surface area (Å²) in [6.45, 7) is 2.47. The van der Waals surface area contributed by atoms with Gasteiger partial charge in [-0.05, 0) is 26.0 Å². The number of carbonyl (C=O) groups excluding carboxylic acids is 2.